The van der Waals surface area contributed by atoms with Crippen LogP contribution in [-0.2, 0) is 32.1 Å². The van der Waals surface area contributed by atoms with Crippen molar-refractivity contribution in [2.75, 3.05) is 0 Å². The van der Waals surface area contributed by atoms with E-state index >= 15 is 0 Å². The van der Waals surface area contributed by atoms with Crippen molar-refractivity contribution >= 4 is 29.5 Å². The van der Waals surface area contributed by atoms with Crippen LogP contribution in [0.5, 0.6) is 0 Å². The Morgan fingerprint density at radius 3 is 2.19 bits per heavy atom. The average Bonchev–Trinajstić information content (AvgIpc) is 3.25. The Morgan fingerprint density at radius 2 is 1.65 bits per heavy atom. The minimum Gasteiger partial charge on any atom is -0.478 e. The van der Waals surface area contributed by atoms with Gasteiger partial charge in [-0.2, -0.15) is 0 Å². The minimum atomic E-state index is -1.26. The summed E-state index contributed by atoms with van der Waals surface area (Å²) in [5.74, 6) is -2.22. The number of aromatic amines is 1. The molecule has 3 aromatic rings. The van der Waals surface area contributed by atoms with Gasteiger partial charge in [-0.15, -0.1) is 0 Å². The van der Waals surface area contributed by atoms with E-state index in [0.717, 1.165) is 16.7 Å². The van der Waals surface area contributed by atoms with Crippen LogP contribution in [0.15, 0.2) is 73.1 Å². The molecular weight excluding hydrogens is 424 g/mol. The summed E-state index contributed by atoms with van der Waals surface area (Å²) in [4.78, 5) is 37.7. The molecule has 1 heterocycles. The average molecular weight is 443 g/mol. The number of carboxylic acids is 2. The number of imidazole rings is 1. The smallest absolute Gasteiger partial charge is 0.328 e. The Kier molecular flexibility index (Phi) is 9.00. The fraction of sp³-hybridized carbons (Fsp3) is 0.0909. The largest absolute Gasteiger partial charge is 0.478 e. The molecule has 3 N–H and O–H groups in total. The molecule has 1 aromatic heterocycles. The molecule has 0 aliphatic rings. The zero-order valence-electron chi connectivity index (χ0n) is 16.2. The van der Waals surface area contributed by atoms with Gasteiger partial charge >= 0.3 is 17.9 Å². The molecule has 160 valence electrons. The lowest BCUT2D eigenvalue weighted by Crippen LogP contribution is -2.09. The number of H-pyrrole nitrogens is 1. The van der Waals surface area contributed by atoms with Gasteiger partial charge in [-0.25, -0.2) is 14.6 Å². The highest BCUT2D eigenvalue weighted by molar-refractivity contribution is 6.33. The van der Waals surface area contributed by atoms with Gasteiger partial charge < -0.3 is 19.9 Å². The van der Waals surface area contributed by atoms with Gasteiger partial charge in [-0.3, -0.25) is 4.79 Å². The van der Waals surface area contributed by atoms with Crippen LogP contribution in [0.2, 0.25) is 5.02 Å². The molecule has 0 aliphatic carbocycles. The van der Waals surface area contributed by atoms with Gasteiger partial charge in [0.25, 0.3) is 0 Å². The molecule has 9 heteroatoms. The van der Waals surface area contributed by atoms with E-state index in [4.69, 9.17) is 26.6 Å². The number of benzene rings is 2. The van der Waals surface area contributed by atoms with Crippen molar-refractivity contribution in [2.24, 2.45) is 0 Å². The summed E-state index contributed by atoms with van der Waals surface area (Å²) < 4.78 is 5.25. The molecule has 0 amide bonds. The Labute approximate surface area is 182 Å². The number of carboxylic acid groups (broad SMARTS) is 2. The number of hydrogen-bond donors (Lipinski definition) is 3. The summed E-state index contributed by atoms with van der Waals surface area (Å²) in [6.07, 6.45) is 4.54. The van der Waals surface area contributed by atoms with Gasteiger partial charge in [0.05, 0.1) is 0 Å². The first-order valence-corrected chi connectivity index (χ1v) is 9.34. The Hall–Kier alpha value is -3.91. The van der Waals surface area contributed by atoms with E-state index in [1.165, 1.54) is 0 Å². The van der Waals surface area contributed by atoms with E-state index in [1.54, 1.807) is 12.4 Å². The lowest BCUT2D eigenvalue weighted by molar-refractivity contribution is -0.144. The van der Waals surface area contributed by atoms with E-state index < -0.39 is 11.9 Å². The third kappa shape index (κ3) is 8.55. The number of halogens is 1. The number of aromatic nitrogens is 2. The Morgan fingerprint density at radius 1 is 1.00 bits per heavy atom. The third-order valence-corrected chi connectivity index (χ3v) is 4.10. The monoisotopic (exact) mass is 442 g/mol. The molecule has 0 bridgehead atoms. The topological polar surface area (TPSA) is 130 Å². The molecule has 8 nitrogen and oxygen atoms in total. The summed E-state index contributed by atoms with van der Waals surface area (Å²) >= 11 is 6.19. The van der Waals surface area contributed by atoms with E-state index in [0.29, 0.717) is 23.0 Å². The molecule has 3 rings (SSSR count). The van der Waals surface area contributed by atoms with Crippen LogP contribution in [-0.4, -0.2) is 38.1 Å². The van der Waals surface area contributed by atoms with Crippen LogP contribution >= 0.6 is 11.6 Å². The maximum absolute atomic E-state index is 11.7. The molecule has 0 unspecified atom stereocenters. The molecule has 2 aromatic carbocycles. The standard InChI is InChI=1S/C18H15ClN2O2.C4H4O4/c19-16-4-2-1-3-15(16)14-7-5-13(6-8-14)12-23-18(22)11-17-20-9-10-21-17;5-3(6)1-2-4(7)8/h1-10H,11-12H2,(H,20,21);1-2H,(H,5,6)(H,7,8)/b;2-1-. The van der Waals surface area contributed by atoms with Gasteiger partial charge in [0, 0.05) is 35.1 Å². The molecule has 0 aliphatic heterocycles. The van der Waals surface area contributed by atoms with Gasteiger partial charge in [0.2, 0.25) is 0 Å². The van der Waals surface area contributed by atoms with Crippen molar-refractivity contribution in [3.63, 3.8) is 0 Å². The summed E-state index contributed by atoms with van der Waals surface area (Å²) in [5, 5.41) is 16.3. The van der Waals surface area contributed by atoms with Crippen molar-refractivity contribution < 1.29 is 29.3 Å². The van der Waals surface area contributed by atoms with Crippen LogP contribution in [0.25, 0.3) is 11.1 Å². The molecule has 0 fully saturated rings. The highest BCUT2D eigenvalue weighted by Gasteiger charge is 2.07. The number of hydrogen-bond acceptors (Lipinski definition) is 5. The fourth-order valence-corrected chi connectivity index (χ4v) is 2.61. The second-order valence-electron chi connectivity index (χ2n) is 6.06. The molecular formula is C22H19ClN2O6. The van der Waals surface area contributed by atoms with Gasteiger partial charge in [-0.05, 0) is 17.2 Å². The van der Waals surface area contributed by atoms with E-state index in [9.17, 15) is 14.4 Å². The summed E-state index contributed by atoms with van der Waals surface area (Å²) in [6.45, 7) is 0.238. The van der Waals surface area contributed by atoms with Crippen LogP contribution in [0, 0.1) is 0 Å². The maximum Gasteiger partial charge on any atom is 0.328 e. The molecule has 0 saturated heterocycles. The molecule has 0 saturated carbocycles. The van der Waals surface area contributed by atoms with Crippen molar-refractivity contribution in [1.29, 1.82) is 0 Å². The SMILES string of the molecule is O=C(Cc1ncc[nH]1)OCc1ccc(-c2ccccc2Cl)cc1.O=C(O)/C=C\C(=O)O. The number of aliphatic carboxylic acids is 2. The first-order valence-electron chi connectivity index (χ1n) is 8.97. The zero-order chi connectivity index (χ0) is 22.6. The van der Waals surface area contributed by atoms with Crippen molar-refractivity contribution in [3.8, 4) is 11.1 Å². The highest BCUT2D eigenvalue weighted by Crippen LogP contribution is 2.27. The number of nitrogens with zero attached hydrogens (tertiary/aromatic N) is 1. The number of carbonyl (C=O) groups is 3. The summed E-state index contributed by atoms with van der Waals surface area (Å²) in [5.41, 5.74) is 2.94. The predicted octanol–water partition coefficient (Wildman–Crippen LogP) is 3.73. The first-order chi connectivity index (χ1) is 14.8. The molecule has 0 atom stereocenters. The number of nitrogens with one attached hydrogen (secondary N) is 1. The zero-order valence-corrected chi connectivity index (χ0v) is 17.0. The Bertz CT molecular complexity index is 1030. The van der Waals surface area contributed by atoms with Gasteiger partial charge in [0.1, 0.15) is 18.9 Å². The first kappa shape index (κ1) is 23.4. The summed E-state index contributed by atoms with van der Waals surface area (Å²) in [6, 6.07) is 15.5. The lowest BCUT2D eigenvalue weighted by Gasteiger charge is -2.07. The number of esters is 1. The van der Waals surface area contributed by atoms with E-state index in [2.05, 4.69) is 9.97 Å². The highest BCUT2D eigenvalue weighted by atomic mass is 35.5. The number of rotatable bonds is 7. The quantitative estimate of drug-likeness (QED) is 0.375. The van der Waals surface area contributed by atoms with Crippen molar-refractivity contribution in [2.45, 2.75) is 13.0 Å². The second kappa shape index (κ2) is 11.9. The minimum absolute atomic E-state index is 0.144. The third-order valence-electron chi connectivity index (χ3n) is 3.77. The van der Waals surface area contributed by atoms with Crippen LogP contribution in [0.3, 0.4) is 0 Å². The molecule has 0 radical (unpaired) electrons. The van der Waals surface area contributed by atoms with Crippen molar-refractivity contribution in [1.82, 2.24) is 9.97 Å². The predicted molar refractivity (Wildman–Crippen MR) is 113 cm³/mol. The lowest BCUT2D eigenvalue weighted by atomic mass is 10.0. The maximum atomic E-state index is 11.7. The number of ether oxygens (including phenoxy) is 1. The van der Waals surface area contributed by atoms with Crippen LogP contribution in [0.1, 0.15) is 11.4 Å². The molecule has 31 heavy (non-hydrogen) atoms. The van der Waals surface area contributed by atoms with Gasteiger partial charge in [-0.1, -0.05) is 54.1 Å². The van der Waals surface area contributed by atoms with E-state index in [1.807, 2.05) is 48.5 Å². The molecule has 0 spiro atoms. The summed E-state index contributed by atoms with van der Waals surface area (Å²) in [7, 11) is 0. The normalized spacial score (nSPS) is 10.2. The fourth-order valence-electron chi connectivity index (χ4n) is 2.36. The second-order valence-corrected chi connectivity index (χ2v) is 6.47. The van der Waals surface area contributed by atoms with Crippen LogP contribution < -0.4 is 0 Å². The van der Waals surface area contributed by atoms with E-state index in [-0.39, 0.29) is 19.0 Å². The number of carbonyl (C=O) groups excluding carboxylic acids is 1. The van der Waals surface area contributed by atoms with Crippen LogP contribution in [0.4, 0.5) is 0 Å². The Balaban J connectivity index is 0.000000366. The van der Waals surface area contributed by atoms with Gasteiger partial charge in [0.15, 0.2) is 0 Å². The van der Waals surface area contributed by atoms with Crippen molar-refractivity contribution in [3.05, 3.63) is 89.5 Å².